The van der Waals surface area contributed by atoms with E-state index < -0.39 is 0 Å². The number of rotatable bonds is 4. The van der Waals surface area contributed by atoms with Gasteiger partial charge in [0, 0.05) is 11.4 Å². The molecule has 0 fully saturated rings. The van der Waals surface area contributed by atoms with Crippen LogP contribution in [0.15, 0.2) is 12.1 Å². The summed E-state index contributed by atoms with van der Waals surface area (Å²) in [4.78, 5) is 4.74. The zero-order valence-corrected chi connectivity index (χ0v) is 13.5. The summed E-state index contributed by atoms with van der Waals surface area (Å²) >= 11 is 0. The van der Waals surface area contributed by atoms with Crippen LogP contribution in [0.1, 0.15) is 84.2 Å². The first-order valence-electron chi connectivity index (χ1n) is 7.41. The predicted octanol–water partition coefficient (Wildman–Crippen LogP) is 5.55. The molecule has 0 aliphatic heterocycles. The topological polar surface area (TPSA) is 12.9 Å². The summed E-state index contributed by atoms with van der Waals surface area (Å²) in [7, 11) is 0. The average Bonchev–Trinajstić information content (AvgIpc) is 2.30. The SMILES string of the molecule is CC.CC(C)Cc1cc(C(C)C)nc(C(C)C)c1. The number of aromatic nitrogens is 1. The lowest BCUT2D eigenvalue weighted by atomic mass is 9.97. The number of pyridine rings is 1. The van der Waals surface area contributed by atoms with Crippen molar-refractivity contribution in [2.24, 2.45) is 5.92 Å². The van der Waals surface area contributed by atoms with Crippen molar-refractivity contribution in [3.05, 3.63) is 29.1 Å². The standard InChI is InChI=1S/C15H25N.C2H6/c1-10(2)7-13-8-14(11(3)4)16-15(9-13)12(5)6;1-2/h8-12H,7H2,1-6H3;1-2H3. The molecule has 104 valence electrons. The van der Waals surface area contributed by atoms with Crippen LogP contribution < -0.4 is 0 Å². The van der Waals surface area contributed by atoms with Crippen LogP contribution in [0.4, 0.5) is 0 Å². The van der Waals surface area contributed by atoms with E-state index in [1.807, 2.05) is 13.8 Å². The molecule has 0 aliphatic carbocycles. The third-order valence-corrected chi connectivity index (χ3v) is 2.75. The number of nitrogens with zero attached hydrogens (tertiary/aromatic N) is 1. The van der Waals surface area contributed by atoms with Gasteiger partial charge >= 0.3 is 0 Å². The first-order chi connectivity index (χ1) is 8.40. The summed E-state index contributed by atoms with van der Waals surface area (Å²) in [6, 6.07) is 4.55. The molecule has 1 aromatic rings. The summed E-state index contributed by atoms with van der Waals surface area (Å²) in [6.45, 7) is 17.4. The van der Waals surface area contributed by atoms with Crippen LogP contribution in [0.3, 0.4) is 0 Å². The minimum Gasteiger partial charge on any atom is -0.257 e. The van der Waals surface area contributed by atoms with E-state index in [0.717, 1.165) is 6.42 Å². The van der Waals surface area contributed by atoms with Gasteiger partial charge in [0.2, 0.25) is 0 Å². The zero-order valence-electron chi connectivity index (χ0n) is 13.5. The van der Waals surface area contributed by atoms with Crippen LogP contribution >= 0.6 is 0 Å². The summed E-state index contributed by atoms with van der Waals surface area (Å²) in [5, 5.41) is 0. The number of hydrogen-bond donors (Lipinski definition) is 0. The summed E-state index contributed by atoms with van der Waals surface area (Å²) in [5.74, 6) is 1.75. The molecule has 1 heterocycles. The highest BCUT2D eigenvalue weighted by Gasteiger charge is 2.09. The second-order valence-electron chi connectivity index (χ2n) is 5.73. The lowest BCUT2D eigenvalue weighted by molar-refractivity contribution is 0.641. The fourth-order valence-corrected chi connectivity index (χ4v) is 1.82. The molecule has 1 nitrogen and oxygen atoms in total. The van der Waals surface area contributed by atoms with Gasteiger partial charge in [-0.25, -0.2) is 0 Å². The normalized spacial score (nSPS) is 10.8. The minimum absolute atomic E-state index is 0.518. The minimum atomic E-state index is 0.518. The number of hydrogen-bond acceptors (Lipinski definition) is 1. The molecule has 0 aliphatic rings. The summed E-state index contributed by atoms with van der Waals surface area (Å²) in [5.41, 5.74) is 3.92. The molecule has 0 radical (unpaired) electrons. The van der Waals surface area contributed by atoms with Crippen LogP contribution in [0, 0.1) is 5.92 Å². The predicted molar refractivity (Wildman–Crippen MR) is 82.3 cm³/mol. The molecule has 0 spiro atoms. The van der Waals surface area contributed by atoms with Crippen molar-refractivity contribution in [2.75, 3.05) is 0 Å². The second-order valence-corrected chi connectivity index (χ2v) is 5.73. The van der Waals surface area contributed by atoms with Gasteiger partial charge in [-0.3, -0.25) is 4.98 Å². The Morgan fingerprint density at radius 1 is 0.833 bits per heavy atom. The highest BCUT2D eigenvalue weighted by Crippen LogP contribution is 2.21. The maximum atomic E-state index is 4.74. The van der Waals surface area contributed by atoms with Crippen molar-refractivity contribution in [1.29, 1.82) is 0 Å². The molecule has 0 N–H and O–H groups in total. The Kier molecular flexibility index (Phi) is 7.90. The average molecular weight is 249 g/mol. The third kappa shape index (κ3) is 5.66. The Morgan fingerprint density at radius 2 is 1.22 bits per heavy atom. The quantitative estimate of drug-likeness (QED) is 0.681. The van der Waals surface area contributed by atoms with Gasteiger partial charge in [-0.05, 0) is 41.9 Å². The van der Waals surface area contributed by atoms with E-state index in [0.29, 0.717) is 17.8 Å². The highest BCUT2D eigenvalue weighted by atomic mass is 14.7. The maximum Gasteiger partial charge on any atom is 0.0435 e. The summed E-state index contributed by atoms with van der Waals surface area (Å²) < 4.78 is 0. The fraction of sp³-hybridized carbons (Fsp3) is 0.706. The molecule has 1 aromatic heterocycles. The lowest BCUT2D eigenvalue weighted by Crippen LogP contribution is -2.04. The molecule has 0 unspecified atom stereocenters. The molecule has 0 saturated carbocycles. The van der Waals surface area contributed by atoms with Crippen LogP contribution in [-0.4, -0.2) is 4.98 Å². The first kappa shape index (κ1) is 17.2. The van der Waals surface area contributed by atoms with Crippen LogP contribution in [0.25, 0.3) is 0 Å². The first-order valence-corrected chi connectivity index (χ1v) is 7.41. The highest BCUT2D eigenvalue weighted by molar-refractivity contribution is 5.25. The van der Waals surface area contributed by atoms with Gasteiger partial charge in [0.15, 0.2) is 0 Å². The van der Waals surface area contributed by atoms with Crippen molar-refractivity contribution in [3.8, 4) is 0 Å². The zero-order chi connectivity index (χ0) is 14.3. The van der Waals surface area contributed by atoms with Gasteiger partial charge in [-0.2, -0.15) is 0 Å². The van der Waals surface area contributed by atoms with Gasteiger partial charge in [0.05, 0.1) is 0 Å². The summed E-state index contributed by atoms with van der Waals surface area (Å²) in [6.07, 6.45) is 1.15. The maximum absolute atomic E-state index is 4.74. The van der Waals surface area contributed by atoms with E-state index in [9.17, 15) is 0 Å². The molecular weight excluding hydrogens is 218 g/mol. The fourth-order valence-electron chi connectivity index (χ4n) is 1.82. The van der Waals surface area contributed by atoms with Crippen molar-refractivity contribution in [1.82, 2.24) is 4.98 Å². The van der Waals surface area contributed by atoms with Crippen molar-refractivity contribution >= 4 is 0 Å². The molecular formula is C17H31N. The van der Waals surface area contributed by atoms with E-state index in [1.54, 1.807) is 0 Å². The van der Waals surface area contributed by atoms with Gasteiger partial charge in [0.1, 0.15) is 0 Å². The second kappa shape index (κ2) is 8.29. The van der Waals surface area contributed by atoms with Crippen LogP contribution in [0.2, 0.25) is 0 Å². The molecule has 0 aromatic carbocycles. The van der Waals surface area contributed by atoms with Gasteiger partial charge in [-0.15, -0.1) is 0 Å². The van der Waals surface area contributed by atoms with Gasteiger partial charge < -0.3 is 0 Å². The van der Waals surface area contributed by atoms with E-state index >= 15 is 0 Å². The Morgan fingerprint density at radius 3 is 1.50 bits per heavy atom. The molecule has 0 amide bonds. The molecule has 1 rings (SSSR count). The smallest absolute Gasteiger partial charge is 0.0435 e. The van der Waals surface area contributed by atoms with E-state index in [4.69, 9.17) is 4.98 Å². The Balaban J connectivity index is 0.00000137. The monoisotopic (exact) mass is 249 g/mol. The largest absolute Gasteiger partial charge is 0.257 e. The molecule has 1 heteroatoms. The molecule has 0 bridgehead atoms. The van der Waals surface area contributed by atoms with Crippen LogP contribution in [0.5, 0.6) is 0 Å². The molecule has 0 atom stereocenters. The molecule has 0 saturated heterocycles. The Bertz CT molecular complexity index is 311. The van der Waals surface area contributed by atoms with Crippen molar-refractivity contribution in [2.45, 2.75) is 73.6 Å². The Hall–Kier alpha value is -0.850. The lowest BCUT2D eigenvalue weighted by Gasteiger charge is -2.14. The van der Waals surface area contributed by atoms with E-state index in [2.05, 4.69) is 53.7 Å². The molecule has 18 heavy (non-hydrogen) atoms. The van der Waals surface area contributed by atoms with E-state index in [1.165, 1.54) is 17.0 Å². The van der Waals surface area contributed by atoms with Crippen molar-refractivity contribution < 1.29 is 0 Å². The Labute approximate surface area is 114 Å². The third-order valence-electron chi connectivity index (χ3n) is 2.75. The van der Waals surface area contributed by atoms with Crippen LogP contribution in [-0.2, 0) is 6.42 Å². The van der Waals surface area contributed by atoms with Crippen molar-refractivity contribution in [3.63, 3.8) is 0 Å². The van der Waals surface area contributed by atoms with Gasteiger partial charge in [0.25, 0.3) is 0 Å². The van der Waals surface area contributed by atoms with E-state index in [-0.39, 0.29) is 0 Å². The van der Waals surface area contributed by atoms with Gasteiger partial charge in [-0.1, -0.05) is 55.4 Å².